The van der Waals surface area contributed by atoms with E-state index in [1.807, 2.05) is 6.07 Å². The third-order valence-electron chi connectivity index (χ3n) is 3.12. The molecule has 0 heterocycles. The van der Waals surface area contributed by atoms with E-state index in [0.29, 0.717) is 12.0 Å². The van der Waals surface area contributed by atoms with Crippen LogP contribution in [0.5, 0.6) is 0 Å². The number of hydrogen-bond donors (Lipinski definition) is 1. The molecule has 0 aliphatic rings. The summed E-state index contributed by atoms with van der Waals surface area (Å²) in [7, 11) is 0. The van der Waals surface area contributed by atoms with Gasteiger partial charge in [0, 0.05) is 14.6 Å². The molecule has 0 fully saturated rings. The lowest BCUT2D eigenvalue weighted by molar-refractivity contribution is 0.376. The first-order chi connectivity index (χ1) is 8.10. The van der Waals surface area contributed by atoms with Crippen molar-refractivity contribution in [3.63, 3.8) is 0 Å². The zero-order valence-electron chi connectivity index (χ0n) is 10.8. The summed E-state index contributed by atoms with van der Waals surface area (Å²) in [6.45, 7) is 7.79. The topological polar surface area (TPSA) is 12.0 Å². The molecule has 0 saturated carbocycles. The molecule has 1 nitrogen and oxygen atoms in total. The van der Waals surface area contributed by atoms with Gasteiger partial charge in [0.05, 0.1) is 0 Å². The highest BCUT2D eigenvalue weighted by atomic mass is 127. The van der Waals surface area contributed by atoms with Gasteiger partial charge in [-0.25, -0.2) is 0 Å². The predicted molar refractivity (Wildman–Crippen MR) is 84.7 cm³/mol. The van der Waals surface area contributed by atoms with Gasteiger partial charge < -0.3 is 5.32 Å². The van der Waals surface area contributed by atoms with Crippen LogP contribution in [-0.2, 0) is 0 Å². The lowest BCUT2D eigenvalue weighted by atomic mass is 9.92. The SMILES string of the molecule is CCCNC(c1cc(Cl)ccc1I)C(C)CC. The van der Waals surface area contributed by atoms with Gasteiger partial charge in [-0.2, -0.15) is 0 Å². The summed E-state index contributed by atoms with van der Waals surface area (Å²) >= 11 is 8.51. The Bertz CT molecular complexity index is 354. The summed E-state index contributed by atoms with van der Waals surface area (Å²) in [5.41, 5.74) is 1.33. The molecular weight excluding hydrogens is 345 g/mol. The Balaban J connectivity index is 2.98. The third-order valence-corrected chi connectivity index (χ3v) is 4.34. The third kappa shape index (κ3) is 4.42. The van der Waals surface area contributed by atoms with Gasteiger partial charge in [0.15, 0.2) is 0 Å². The van der Waals surface area contributed by atoms with E-state index in [4.69, 9.17) is 11.6 Å². The fourth-order valence-corrected chi connectivity index (χ4v) is 2.76. The van der Waals surface area contributed by atoms with Gasteiger partial charge >= 0.3 is 0 Å². The lowest BCUT2D eigenvalue weighted by Crippen LogP contribution is -2.28. The van der Waals surface area contributed by atoms with Gasteiger partial charge in [0.1, 0.15) is 0 Å². The standard InChI is InChI=1S/C14H21ClIN/c1-4-8-17-14(10(3)5-2)12-9-11(15)6-7-13(12)16/h6-7,9-10,14,17H,4-5,8H2,1-3H3. The Morgan fingerprint density at radius 1 is 1.35 bits per heavy atom. The summed E-state index contributed by atoms with van der Waals surface area (Å²) in [6, 6.07) is 6.57. The van der Waals surface area contributed by atoms with Crippen LogP contribution in [0.3, 0.4) is 0 Å². The quantitative estimate of drug-likeness (QED) is 0.697. The Labute approximate surface area is 123 Å². The first-order valence-corrected chi connectivity index (χ1v) is 7.74. The second-order valence-corrected chi connectivity index (χ2v) is 6.08. The molecular formula is C14H21ClIN. The largest absolute Gasteiger partial charge is 0.310 e. The van der Waals surface area contributed by atoms with Crippen LogP contribution in [0.4, 0.5) is 0 Å². The first-order valence-electron chi connectivity index (χ1n) is 6.28. The van der Waals surface area contributed by atoms with E-state index in [9.17, 15) is 0 Å². The molecule has 96 valence electrons. The molecule has 2 unspecified atom stereocenters. The molecule has 0 aromatic heterocycles. The molecule has 0 radical (unpaired) electrons. The van der Waals surface area contributed by atoms with Crippen molar-refractivity contribution in [1.29, 1.82) is 0 Å². The summed E-state index contributed by atoms with van der Waals surface area (Å²) < 4.78 is 1.29. The van der Waals surface area contributed by atoms with E-state index >= 15 is 0 Å². The highest BCUT2D eigenvalue weighted by Crippen LogP contribution is 2.30. The second-order valence-electron chi connectivity index (χ2n) is 4.48. The van der Waals surface area contributed by atoms with Gasteiger partial charge in [0.2, 0.25) is 0 Å². The van der Waals surface area contributed by atoms with Crippen LogP contribution in [0.15, 0.2) is 18.2 Å². The number of nitrogens with one attached hydrogen (secondary N) is 1. The summed E-state index contributed by atoms with van der Waals surface area (Å²) in [5.74, 6) is 0.619. The van der Waals surface area contributed by atoms with E-state index in [1.165, 1.54) is 15.6 Å². The normalized spacial score (nSPS) is 14.6. The number of benzene rings is 1. The Morgan fingerprint density at radius 2 is 2.06 bits per heavy atom. The monoisotopic (exact) mass is 365 g/mol. The minimum Gasteiger partial charge on any atom is -0.310 e. The van der Waals surface area contributed by atoms with Crippen LogP contribution in [-0.4, -0.2) is 6.54 Å². The molecule has 17 heavy (non-hydrogen) atoms. The molecule has 1 aromatic carbocycles. The molecule has 1 aromatic rings. The summed E-state index contributed by atoms with van der Waals surface area (Å²) in [6.07, 6.45) is 2.33. The molecule has 3 heteroatoms. The van der Waals surface area contributed by atoms with Crippen LogP contribution in [0.2, 0.25) is 5.02 Å². The van der Waals surface area contributed by atoms with E-state index in [0.717, 1.165) is 18.0 Å². The van der Waals surface area contributed by atoms with Crippen molar-refractivity contribution < 1.29 is 0 Å². The molecule has 0 aliphatic carbocycles. The van der Waals surface area contributed by atoms with Crippen molar-refractivity contribution >= 4 is 34.2 Å². The van der Waals surface area contributed by atoms with Crippen molar-refractivity contribution in [1.82, 2.24) is 5.32 Å². The van der Waals surface area contributed by atoms with Gasteiger partial charge in [-0.15, -0.1) is 0 Å². The Kier molecular flexibility index (Phi) is 6.82. The van der Waals surface area contributed by atoms with Crippen molar-refractivity contribution in [3.8, 4) is 0 Å². The van der Waals surface area contributed by atoms with E-state index in [-0.39, 0.29) is 0 Å². The molecule has 0 spiro atoms. The van der Waals surface area contributed by atoms with E-state index < -0.39 is 0 Å². The fraction of sp³-hybridized carbons (Fsp3) is 0.571. The summed E-state index contributed by atoms with van der Waals surface area (Å²) in [4.78, 5) is 0. The fourth-order valence-electron chi connectivity index (χ4n) is 1.91. The smallest absolute Gasteiger partial charge is 0.0410 e. The van der Waals surface area contributed by atoms with Gasteiger partial charge in [-0.3, -0.25) is 0 Å². The number of hydrogen-bond acceptors (Lipinski definition) is 1. The molecule has 0 saturated heterocycles. The molecule has 0 amide bonds. The molecule has 0 bridgehead atoms. The highest BCUT2D eigenvalue weighted by Gasteiger charge is 2.19. The first kappa shape index (κ1) is 15.3. The van der Waals surface area contributed by atoms with Crippen LogP contribution in [0, 0.1) is 9.49 Å². The molecule has 1 N–H and O–H groups in total. The van der Waals surface area contributed by atoms with Crippen molar-refractivity contribution in [2.75, 3.05) is 6.54 Å². The van der Waals surface area contributed by atoms with Crippen LogP contribution < -0.4 is 5.32 Å². The van der Waals surface area contributed by atoms with E-state index in [1.54, 1.807) is 0 Å². The van der Waals surface area contributed by atoms with Crippen LogP contribution in [0.1, 0.15) is 45.2 Å². The number of rotatable bonds is 6. The summed E-state index contributed by atoms with van der Waals surface area (Å²) in [5, 5.41) is 4.47. The van der Waals surface area contributed by atoms with Gasteiger partial charge in [0.25, 0.3) is 0 Å². The molecule has 1 rings (SSSR count). The maximum atomic E-state index is 6.11. The zero-order valence-corrected chi connectivity index (χ0v) is 13.7. The minimum atomic E-state index is 0.408. The maximum Gasteiger partial charge on any atom is 0.0410 e. The average molecular weight is 366 g/mol. The highest BCUT2D eigenvalue weighted by molar-refractivity contribution is 14.1. The second kappa shape index (κ2) is 7.59. The van der Waals surface area contributed by atoms with E-state index in [2.05, 4.69) is 60.8 Å². The van der Waals surface area contributed by atoms with Gasteiger partial charge in [-0.05, 0) is 65.2 Å². The minimum absolute atomic E-state index is 0.408. The maximum absolute atomic E-state index is 6.11. The van der Waals surface area contributed by atoms with Gasteiger partial charge in [-0.1, -0.05) is 38.8 Å². The lowest BCUT2D eigenvalue weighted by Gasteiger charge is -2.26. The molecule has 2 atom stereocenters. The number of halogens is 2. The van der Waals surface area contributed by atoms with Crippen molar-refractivity contribution in [2.45, 2.75) is 39.7 Å². The molecule has 0 aliphatic heterocycles. The Hall–Kier alpha value is 0.200. The Morgan fingerprint density at radius 3 is 2.65 bits per heavy atom. The van der Waals surface area contributed by atoms with Crippen molar-refractivity contribution in [2.24, 2.45) is 5.92 Å². The zero-order chi connectivity index (χ0) is 12.8. The van der Waals surface area contributed by atoms with Crippen LogP contribution in [0.25, 0.3) is 0 Å². The predicted octanol–water partition coefficient (Wildman–Crippen LogP) is 5.03. The van der Waals surface area contributed by atoms with Crippen molar-refractivity contribution in [3.05, 3.63) is 32.4 Å². The average Bonchev–Trinajstić information content (AvgIpc) is 2.33. The van der Waals surface area contributed by atoms with Crippen LogP contribution >= 0.6 is 34.2 Å².